The molecule has 0 spiro atoms. The molecule has 7 nitrogen and oxygen atoms in total. The van der Waals surface area contributed by atoms with Gasteiger partial charge in [-0.25, -0.2) is 9.18 Å². The fourth-order valence-electron chi connectivity index (χ4n) is 4.12. The lowest BCUT2D eigenvalue weighted by atomic mass is 10.1. The fraction of sp³-hybridized carbons (Fsp3) is 0.417. The highest BCUT2D eigenvalue weighted by Gasteiger charge is 2.26. The second-order valence-corrected chi connectivity index (χ2v) is 11.1. The number of hydrogen-bond acceptors (Lipinski definition) is 7. The summed E-state index contributed by atoms with van der Waals surface area (Å²) < 4.78 is 21.1. The molecule has 0 radical (unpaired) electrons. The Morgan fingerprint density at radius 2 is 1.97 bits per heavy atom. The Bertz CT molecular complexity index is 1340. The number of aryl methyl sites for hydroxylation is 2. The third kappa shape index (κ3) is 5.84. The van der Waals surface area contributed by atoms with Crippen LogP contribution in [0.3, 0.4) is 0 Å². The molecule has 1 aliphatic rings. The number of ether oxygens (including phenoxy) is 1. The average Bonchev–Trinajstić information content (AvgIpc) is 3.24. The number of carbonyl (C=O) groups excluding carboxylic acids is 3. The van der Waals surface area contributed by atoms with E-state index in [1.165, 1.54) is 41.9 Å². The number of amides is 2. The van der Waals surface area contributed by atoms with Crippen molar-refractivity contribution in [1.29, 1.82) is 0 Å². The molecule has 2 amide bonds. The van der Waals surface area contributed by atoms with E-state index in [9.17, 15) is 18.8 Å². The molecule has 0 aliphatic heterocycles. The first-order valence-corrected chi connectivity index (χ1v) is 14.2. The summed E-state index contributed by atoms with van der Waals surface area (Å²) in [5, 5.41) is 3.37. The number of hydrogen-bond donors (Lipinski definition) is 1. The third-order valence-electron chi connectivity index (χ3n) is 5.70. The van der Waals surface area contributed by atoms with Gasteiger partial charge in [-0.3, -0.25) is 9.59 Å². The minimum absolute atomic E-state index is 0.0323. The van der Waals surface area contributed by atoms with Crippen LogP contribution in [0.4, 0.5) is 9.39 Å². The molecule has 35 heavy (non-hydrogen) atoms. The van der Waals surface area contributed by atoms with E-state index in [-0.39, 0.29) is 29.1 Å². The molecule has 1 aliphatic carbocycles. The van der Waals surface area contributed by atoms with Gasteiger partial charge in [0, 0.05) is 11.4 Å². The molecule has 2 heterocycles. The average molecular weight is 536 g/mol. The van der Waals surface area contributed by atoms with Crippen molar-refractivity contribution in [3.63, 3.8) is 0 Å². The highest BCUT2D eigenvalue weighted by Crippen LogP contribution is 2.38. The van der Waals surface area contributed by atoms with Crippen molar-refractivity contribution in [3.8, 4) is 0 Å². The van der Waals surface area contributed by atoms with Crippen LogP contribution < -0.4 is 10.1 Å². The maximum absolute atomic E-state index is 13.6. The summed E-state index contributed by atoms with van der Waals surface area (Å²) in [5.41, 5.74) is 2.28. The van der Waals surface area contributed by atoms with Crippen LogP contribution in [0.15, 0.2) is 23.2 Å². The molecule has 1 N–H and O–H groups in total. The first-order valence-electron chi connectivity index (χ1n) is 11.4. The van der Waals surface area contributed by atoms with Gasteiger partial charge < -0.3 is 14.6 Å². The maximum Gasteiger partial charge on any atom is 0.341 e. The Balaban J connectivity index is 1.40. The number of rotatable bonds is 7. The zero-order valence-electron chi connectivity index (χ0n) is 19.5. The van der Waals surface area contributed by atoms with Crippen LogP contribution in [-0.2, 0) is 33.7 Å². The van der Waals surface area contributed by atoms with Gasteiger partial charge in [-0.2, -0.15) is 4.99 Å². The van der Waals surface area contributed by atoms with Crippen molar-refractivity contribution in [2.45, 2.75) is 45.6 Å². The standard InChI is InChI=1S/C24H26FN3O4S3/c1-3-28-16-10-9-14(25)11-18(16)35-24(28)27-20(30)13-33-12-19(29)26-22-21(23(31)32-2)15-7-5-4-6-8-17(15)34-22/h9-11H,3-8,12-13H2,1-2H3,(H,26,29). The monoisotopic (exact) mass is 535 g/mol. The van der Waals surface area contributed by atoms with Crippen molar-refractivity contribution in [2.75, 3.05) is 23.9 Å². The highest BCUT2D eigenvalue weighted by atomic mass is 32.2. The molecule has 0 saturated carbocycles. The lowest BCUT2D eigenvalue weighted by Gasteiger charge is -2.07. The van der Waals surface area contributed by atoms with Gasteiger partial charge in [0.05, 0.1) is 34.4 Å². The van der Waals surface area contributed by atoms with E-state index in [1.807, 2.05) is 11.5 Å². The normalized spacial score (nSPS) is 14.0. The van der Waals surface area contributed by atoms with Crippen LogP contribution in [-0.4, -0.2) is 41.0 Å². The van der Waals surface area contributed by atoms with E-state index in [2.05, 4.69) is 10.3 Å². The van der Waals surface area contributed by atoms with E-state index in [0.717, 1.165) is 64.5 Å². The summed E-state index contributed by atoms with van der Waals surface area (Å²) in [6.07, 6.45) is 4.90. The Morgan fingerprint density at radius 3 is 2.74 bits per heavy atom. The number of carbonyl (C=O) groups is 3. The number of nitrogens with zero attached hydrogens (tertiary/aromatic N) is 2. The summed E-state index contributed by atoms with van der Waals surface area (Å²) in [6, 6.07) is 4.50. The van der Waals surface area contributed by atoms with Crippen molar-refractivity contribution in [1.82, 2.24) is 4.57 Å². The van der Waals surface area contributed by atoms with Crippen LogP contribution in [0.25, 0.3) is 10.2 Å². The minimum atomic E-state index is -0.436. The quantitative estimate of drug-likeness (QED) is 0.348. The number of halogens is 1. The number of fused-ring (bicyclic) bond motifs is 2. The molecule has 3 aromatic rings. The molecule has 2 aromatic heterocycles. The molecule has 1 aromatic carbocycles. The van der Waals surface area contributed by atoms with Crippen molar-refractivity contribution >= 4 is 67.4 Å². The van der Waals surface area contributed by atoms with E-state index in [1.54, 1.807) is 6.07 Å². The zero-order chi connectivity index (χ0) is 24.9. The first kappa shape index (κ1) is 25.6. The van der Waals surface area contributed by atoms with Crippen molar-refractivity contribution in [2.24, 2.45) is 4.99 Å². The molecule has 186 valence electrons. The van der Waals surface area contributed by atoms with Crippen molar-refractivity contribution in [3.05, 3.63) is 44.8 Å². The maximum atomic E-state index is 13.6. The van der Waals surface area contributed by atoms with Gasteiger partial charge in [-0.1, -0.05) is 17.8 Å². The second kappa shape index (κ2) is 11.5. The largest absolute Gasteiger partial charge is 0.465 e. The molecule has 0 bridgehead atoms. The number of thiophene rings is 1. The Morgan fingerprint density at radius 1 is 1.17 bits per heavy atom. The summed E-state index contributed by atoms with van der Waals surface area (Å²) in [5.74, 6) is -1.34. The number of benzene rings is 1. The molecule has 11 heteroatoms. The molecule has 4 rings (SSSR count). The van der Waals surface area contributed by atoms with Gasteiger partial charge in [0.2, 0.25) is 5.91 Å². The van der Waals surface area contributed by atoms with Gasteiger partial charge in [-0.05, 0) is 56.4 Å². The van der Waals surface area contributed by atoms with Crippen LogP contribution in [0.2, 0.25) is 0 Å². The number of anilines is 1. The summed E-state index contributed by atoms with van der Waals surface area (Å²) in [7, 11) is 1.34. The third-order valence-corrected chi connectivity index (χ3v) is 8.87. The Kier molecular flexibility index (Phi) is 8.40. The van der Waals surface area contributed by atoms with Gasteiger partial charge in [-0.15, -0.1) is 23.1 Å². The highest BCUT2D eigenvalue weighted by molar-refractivity contribution is 8.00. The molecule has 0 atom stereocenters. The van der Waals surface area contributed by atoms with Gasteiger partial charge in [0.15, 0.2) is 4.80 Å². The lowest BCUT2D eigenvalue weighted by Crippen LogP contribution is -2.18. The number of nitrogens with one attached hydrogen (secondary N) is 1. The summed E-state index contributed by atoms with van der Waals surface area (Å²) >= 11 is 3.86. The Labute approximate surface area is 214 Å². The number of thiazole rings is 1. The summed E-state index contributed by atoms with van der Waals surface area (Å²) in [4.78, 5) is 43.3. The van der Waals surface area contributed by atoms with Crippen molar-refractivity contribution < 1.29 is 23.5 Å². The van der Waals surface area contributed by atoms with E-state index < -0.39 is 5.97 Å². The van der Waals surface area contributed by atoms with E-state index in [4.69, 9.17) is 4.74 Å². The van der Waals surface area contributed by atoms with E-state index >= 15 is 0 Å². The van der Waals surface area contributed by atoms with Gasteiger partial charge in [0.25, 0.3) is 5.91 Å². The van der Waals surface area contributed by atoms with Gasteiger partial charge >= 0.3 is 5.97 Å². The predicted octanol–water partition coefficient (Wildman–Crippen LogP) is 4.78. The lowest BCUT2D eigenvalue weighted by molar-refractivity contribution is -0.115. The SMILES string of the molecule is CCn1c(=NC(=O)CSCC(=O)Nc2sc3c(c2C(=O)OC)CCCCC3)sc2cc(F)ccc21. The molecular weight excluding hydrogens is 509 g/mol. The Hall–Kier alpha value is -2.50. The summed E-state index contributed by atoms with van der Waals surface area (Å²) in [6.45, 7) is 2.53. The first-order chi connectivity index (χ1) is 16.9. The minimum Gasteiger partial charge on any atom is -0.465 e. The molecular formula is C24H26FN3O4S3. The van der Waals surface area contributed by atoms with Crippen LogP contribution in [0, 0.1) is 5.82 Å². The van der Waals surface area contributed by atoms with Crippen LogP contribution in [0.1, 0.15) is 47.0 Å². The second-order valence-electron chi connectivity index (χ2n) is 8.05. The topological polar surface area (TPSA) is 89.8 Å². The predicted molar refractivity (Wildman–Crippen MR) is 139 cm³/mol. The van der Waals surface area contributed by atoms with Crippen LogP contribution in [0.5, 0.6) is 0 Å². The van der Waals surface area contributed by atoms with Crippen LogP contribution >= 0.6 is 34.4 Å². The van der Waals surface area contributed by atoms with Gasteiger partial charge in [0.1, 0.15) is 10.8 Å². The van der Waals surface area contributed by atoms with E-state index in [0.29, 0.717) is 21.9 Å². The number of aromatic nitrogens is 1. The molecule has 0 unspecified atom stereocenters. The fourth-order valence-corrected chi connectivity index (χ4v) is 7.15. The zero-order valence-corrected chi connectivity index (χ0v) is 22.0. The number of thioether (sulfide) groups is 1. The molecule has 0 fully saturated rings. The number of esters is 1. The smallest absolute Gasteiger partial charge is 0.341 e. The molecule has 0 saturated heterocycles. The number of methoxy groups -OCH3 is 1.